The molecule has 0 aliphatic carbocycles. The zero-order chi connectivity index (χ0) is 14.7. The van der Waals surface area contributed by atoms with Gasteiger partial charge in [0.25, 0.3) is 0 Å². The fourth-order valence-electron chi connectivity index (χ4n) is 1.79. The molecule has 2 aromatic rings. The summed E-state index contributed by atoms with van der Waals surface area (Å²) in [6.07, 6.45) is 0. The molecule has 1 aromatic heterocycles. The number of nitrogens with zero attached hydrogens (tertiary/aromatic N) is 2. The molecule has 0 atom stereocenters. The zero-order valence-corrected chi connectivity index (χ0v) is 13.1. The molecule has 0 spiro atoms. The Morgan fingerprint density at radius 3 is 2.55 bits per heavy atom. The Hall–Kier alpha value is -1.46. The summed E-state index contributed by atoms with van der Waals surface area (Å²) in [6, 6.07) is 6.91. The van der Waals surface area contributed by atoms with Crippen LogP contribution in [0.25, 0.3) is 0 Å². The molecule has 0 saturated carbocycles. The quantitative estimate of drug-likeness (QED) is 0.907. The first-order valence-corrected chi connectivity index (χ1v) is 7.48. The summed E-state index contributed by atoms with van der Waals surface area (Å²) < 4.78 is 13.0. The van der Waals surface area contributed by atoms with Crippen molar-refractivity contribution in [3.05, 3.63) is 40.7 Å². The molecule has 108 valence electrons. The van der Waals surface area contributed by atoms with Gasteiger partial charge in [0.1, 0.15) is 5.82 Å². The smallest absolute Gasteiger partial charge is 0.190 e. The van der Waals surface area contributed by atoms with Crippen LogP contribution in [0.1, 0.15) is 24.4 Å². The van der Waals surface area contributed by atoms with Crippen LogP contribution >= 0.6 is 11.3 Å². The van der Waals surface area contributed by atoms with Gasteiger partial charge in [-0.1, -0.05) is 25.2 Å². The SMILES string of the molecule is Cc1nc(N(C)c2ccc(F)cc2)sc1CNC(C)C. The summed E-state index contributed by atoms with van der Waals surface area (Å²) in [4.78, 5) is 7.82. The van der Waals surface area contributed by atoms with E-state index in [1.54, 1.807) is 23.5 Å². The first-order valence-electron chi connectivity index (χ1n) is 6.66. The van der Waals surface area contributed by atoms with Crippen molar-refractivity contribution in [2.24, 2.45) is 0 Å². The average molecular weight is 293 g/mol. The van der Waals surface area contributed by atoms with E-state index in [1.807, 2.05) is 18.9 Å². The molecule has 2 rings (SSSR count). The monoisotopic (exact) mass is 293 g/mol. The van der Waals surface area contributed by atoms with E-state index in [0.717, 1.165) is 23.1 Å². The van der Waals surface area contributed by atoms with E-state index in [-0.39, 0.29) is 5.82 Å². The highest BCUT2D eigenvalue weighted by Gasteiger charge is 2.12. The third-order valence-corrected chi connectivity index (χ3v) is 4.29. The van der Waals surface area contributed by atoms with Crippen molar-refractivity contribution in [2.75, 3.05) is 11.9 Å². The molecule has 0 amide bonds. The summed E-state index contributed by atoms with van der Waals surface area (Å²) in [5.74, 6) is -0.223. The summed E-state index contributed by atoms with van der Waals surface area (Å²) in [5.41, 5.74) is 1.98. The normalized spacial score (nSPS) is 11.1. The number of halogens is 1. The van der Waals surface area contributed by atoms with Crippen LogP contribution in [0, 0.1) is 12.7 Å². The molecule has 0 saturated heterocycles. The van der Waals surface area contributed by atoms with Gasteiger partial charge in [0, 0.05) is 30.2 Å². The van der Waals surface area contributed by atoms with Crippen LogP contribution in [0.3, 0.4) is 0 Å². The Morgan fingerprint density at radius 2 is 1.95 bits per heavy atom. The van der Waals surface area contributed by atoms with Crippen LogP contribution in [0.15, 0.2) is 24.3 Å². The number of nitrogens with one attached hydrogen (secondary N) is 1. The molecule has 0 aliphatic heterocycles. The first kappa shape index (κ1) is 14.9. The lowest BCUT2D eigenvalue weighted by Crippen LogP contribution is -2.21. The van der Waals surface area contributed by atoms with Crippen molar-refractivity contribution in [3.63, 3.8) is 0 Å². The van der Waals surface area contributed by atoms with Crippen molar-refractivity contribution in [2.45, 2.75) is 33.4 Å². The van der Waals surface area contributed by atoms with E-state index < -0.39 is 0 Å². The topological polar surface area (TPSA) is 28.2 Å². The van der Waals surface area contributed by atoms with Crippen LogP contribution < -0.4 is 10.2 Å². The van der Waals surface area contributed by atoms with Gasteiger partial charge in [-0.15, -0.1) is 0 Å². The van der Waals surface area contributed by atoms with E-state index >= 15 is 0 Å². The lowest BCUT2D eigenvalue weighted by molar-refractivity contribution is 0.591. The van der Waals surface area contributed by atoms with Gasteiger partial charge in [-0.25, -0.2) is 9.37 Å². The van der Waals surface area contributed by atoms with Gasteiger partial charge in [0.05, 0.1) is 5.69 Å². The lowest BCUT2D eigenvalue weighted by atomic mass is 10.3. The van der Waals surface area contributed by atoms with Gasteiger partial charge in [-0.2, -0.15) is 0 Å². The molecule has 1 N–H and O–H groups in total. The molecule has 0 unspecified atom stereocenters. The summed E-state index contributed by atoms with van der Waals surface area (Å²) in [5, 5.41) is 4.33. The number of thiazole rings is 1. The number of hydrogen-bond donors (Lipinski definition) is 1. The third kappa shape index (κ3) is 3.55. The van der Waals surface area contributed by atoms with Crippen molar-refractivity contribution in [1.29, 1.82) is 0 Å². The number of hydrogen-bond acceptors (Lipinski definition) is 4. The largest absolute Gasteiger partial charge is 0.321 e. The molecular weight excluding hydrogens is 273 g/mol. The number of benzene rings is 1. The minimum Gasteiger partial charge on any atom is -0.321 e. The summed E-state index contributed by atoms with van der Waals surface area (Å²) >= 11 is 1.67. The second kappa shape index (κ2) is 6.33. The van der Waals surface area contributed by atoms with Crippen LogP contribution in [-0.2, 0) is 6.54 Å². The van der Waals surface area contributed by atoms with Crippen molar-refractivity contribution < 1.29 is 4.39 Å². The third-order valence-electron chi connectivity index (χ3n) is 3.05. The zero-order valence-electron chi connectivity index (χ0n) is 12.3. The van der Waals surface area contributed by atoms with Crippen molar-refractivity contribution in [1.82, 2.24) is 10.3 Å². The summed E-state index contributed by atoms with van der Waals surface area (Å²) in [6.45, 7) is 7.11. The Bertz CT molecular complexity index is 563. The standard InChI is InChI=1S/C15H20FN3S/c1-10(2)17-9-14-11(3)18-15(20-14)19(4)13-7-5-12(16)6-8-13/h5-8,10,17H,9H2,1-4H3. The Labute approximate surface area is 123 Å². The number of aromatic nitrogens is 1. The Morgan fingerprint density at radius 1 is 1.30 bits per heavy atom. The molecule has 0 fully saturated rings. The molecule has 1 heterocycles. The van der Waals surface area contributed by atoms with Gasteiger partial charge in [0.2, 0.25) is 0 Å². The molecule has 0 bridgehead atoms. The lowest BCUT2D eigenvalue weighted by Gasteiger charge is -2.15. The van der Waals surface area contributed by atoms with Crippen LogP contribution in [0.4, 0.5) is 15.2 Å². The van der Waals surface area contributed by atoms with Gasteiger partial charge < -0.3 is 10.2 Å². The molecule has 20 heavy (non-hydrogen) atoms. The number of anilines is 2. The second-order valence-corrected chi connectivity index (χ2v) is 6.14. The van der Waals surface area contributed by atoms with Crippen molar-refractivity contribution >= 4 is 22.2 Å². The fourth-order valence-corrected chi connectivity index (χ4v) is 2.79. The predicted octanol–water partition coefficient (Wildman–Crippen LogP) is 3.86. The molecule has 1 aromatic carbocycles. The van der Waals surface area contributed by atoms with E-state index in [2.05, 4.69) is 24.1 Å². The van der Waals surface area contributed by atoms with Gasteiger partial charge >= 0.3 is 0 Å². The maximum atomic E-state index is 13.0. The molecule has 5 heteroatoms. The predicted molar refractivity (Wildman–Crippen MR) is 83.3 cm³/mol. The molecular formula is C15H20FN3S. The second-order valence-electron chi connectivity index (χ2n) is 5.08. The highest BCUT2D eigenvalue weighted by molar-refractivity contribution is 7.15. The van der Waals surface area contributed by atoms with E-state index in [0.29, 0.717) is 6.04 Å². The maximum absolute atomic E-state index is 13.0. The van der Waals surface area contributed by atoms with Crippen molar-refractivity contribution in [3.8, 4) is 0 Å². The van der Waals surface area contributed by atoms with E-state index in [4.69, 9.17) is 0 Å². The highest BCUT2D eigenvalue weighted by Crippen LogP contribution is 2.30. The number of rotatable bonds is 5. The van der Waals surface area contributed by atoms with Gasteiger partial charge in [-0.3, -0.25) is 0 Å². The minimum atomic E-state index is -0.223. The molecule has 0 radical (unpaired) electrons. The van der Waals surface area contributed by atoms with E-state index in [1.165, 1.54) is 17.0 Å². The summed E-state index contributed by atoms with van der Waals surface area (Å²) in [7, 11) is 1.95. The number of aryl methyl sites for hydroxylation is 1. The van der Waals surface area contributed by atoms with E-state index in [9.17, 15) is 4.39 Å². The maximum Gasteiger partial charge on any atom is 0.190 e. The van der Waals surface area contributed by atoms with Crippen LogP contribution in [-0.4, -0.2) is 18.1 Å². The first-order chi connectivity index (χ1) is 9.47. The Kier molecular flexibility index (Phi) is 4.73. The average Bonchev–Trinajstić information content (AvgIpc) is 2.78. The van der Waals surface area contributed by atoms with Crippen LogP contribution in [0.2, 0.25) is 0 Å². The Balaban J connectivity index is 2.16. The minimum absolute atomic E-state index is 0.223. The molecule has 0 aliphatic rings. The molecule has 3 nitrogen and oxygen atoms in total. The van der Waals surface area contributed by atoms with Gasteiger partial charge in [-0.05, 0) is 31.2 Å². The highest BCUT2D eigenvalue weighted by atomic mass is 32.1. The van der Waals surface area contributed by atoms with Crippen LogP contribution in [0.5, 0.6) is 0 Å². The fraction of sp³-hybridized carbons (Fsp3) is 0.400. The van der Waals surface area contributed by atoms with Gasteiger partial charge in [0.15, 0.2) is 5.13 Å².